The fourth-order valence-corrected chi connectivity index (χ4v) is 1.87. The lowest BCUT2D eigenvalue weighted by Gasteiger charge is -2.22. The molecule has 102 valence electrons. The van der Waals surface area contributed by atoms with Crippen molar-refractivity contribution in [3.63, 3.8) is 0 Å². The van der Waals surface area contributed by atoms with Crippen LogP contribution in [0, 0.1) is 6.92 Å². The van der Waals surface area contributed by atoms with E-state index in [0.29, 0.717) is 11.7 Å². The van der Waals surface area contributed by atoms with Gasteiger partial charge in [0, 0.05) is 25.1 Å². The molecule has 0 aliphatic carbocycles. The molecule has 4 heteroatoms. The number of unbranched alkanes of at least 4 members (excludes halogenated alkanes) is 2. The van der Waals surface area contributed by atoms with Crippen LogP contribution in [0.4, 0.5) is 11.6 Å². The highest BCUT2D eigenvalue weighted by atomic mass is 15.2. The van der Waals surface area contributed by atoms with E-state index in [-0.39, 0.29) is 0 Å². The molecule has 0 radical (unpaired) electrons. The first-order valence-electron chi connectivity index (χ1n) is 6.82. The number of hydrogen-bond acceptors (Lipinski definition) is 4. The van der Waals surface area contributed by atoms with Crippen LogP contribution in [-0.4, -0.2) is 23.6 Å². The van der Waals surface area contributed by atoms with E-state index in [1.165, 1.54) is 19.3 Å². The molecule has 18 heavy (non-hydrogen) atoms. The lowest BCUT2D eigenvalue weighted by atomic mass is 10.2. The third kappa shape index (κ3) is 3.59. The predicted molar refractivity (Wildman–Crippen MR) is 78.1 cm³/mol. The van der Waals surface area contributed by atoms with Crippen LogP contribution in [0.5, 0.6) is 0 Å². The zero-order valence-corrected chi connectivity index (χ0v) is 12.3. The second-order valence-electron chi connectivity index (χ2n) is 5.20. The van der Waals surface area contributed by atoms with Gasteiger partial charge in [0.1, 0.15) is 17.5 Å². The number of nitrogens with two attached hydrogens (primary N) is 1. The SMILES string of the molecule is CCCCCN(C)c1nc(C(C)C)nc(N)c1C. The van der Waals surface area contributed by atoms with Crippen LogP contribution in [0.3, 0.4) is 0 Å². The van der Waals surface area contributed by atoms with E-state index in [1.54, 1.807) is 0 Å². The van der Waals surface area contributed by atoms with Gasteiger partial charge in [0.2, 0.25) is 0 Å². The van der Waals surface area contributed by atoms with Crippen LogP contribution in [0.2, 0.25) is 0 Å². The highest BCUT2D eigenvalue weighted by molar-refractivity contribution is 5.56. The van der Waals surface area contributed by atoms with Gasteiger partial charge in [0.25, 0.3) is 0 Å². The first-order chi connectivity index (χ1) is 8.47. The van der Waals surface area contributed by atoms with E-state index in [1.807, 2.05) is 6.92 Å². The molecule has 4 nitrogen and oxygen atoms in total. The lowest BCUT2D eigenvalue weighted by Crippen LogP contribution is -2.22. The van der Waals surface area contributed by atoms with E-state index in [2.05, 4.69) is 42.7 Å². The first kappa shape index (κ1) is 14.7. The number of nitrogens with zero attached hydrogens (tertiary/aromatic N) is 3. The van der Waals surface area contributed by atoms with Crippen LogP contribution >= 0.6 is 0 Å². The summed E-state index contributed by atoms with van der Waals surface area (Å²) in [4.78, 5) is 11.2. The van der Waals surface area contributed by atoms with Crippen LogP contribution in [-0.2, 0) is 0 Å². The average molecular weight is 250 g/mol. The fourth-order valence-electron chi connectivity index (χ4n) is 1.87. The second-order valence-corrected chi connectivity index (χ2v) is 5.20. The van der Waals surface area contributed by atoms with Gasteiger partial charge in [-0.1, -0.05) is 33.6 Å². The molecule has 0 aliphatic rings. The highest BCUT2D eigenvalue weighted by Gasteiger charge is 2.14. The van der Waals surface area contributed by atoms with E-state index in [4.69, 9.17) is 5.73 Å². The molecule has 1 aromatic rings. The van der Waals surface area contributed by atoms with Gasteiger partial charge in [-0.05, 0) is 13.3 Å². The van der Waals surface area contributed by atoms with Crippen LogP contribution < -0.4 is 10.6 Å². The van der Waals surface area contributed by atoms with Gasteiger partial charge in [-0.25, -0.2) is 9.97 Å². The number of hydrogen-bond donors (Lipinski definition) is 1. The van der Waals surface area contributed by atoms with E-state index in [0.717, 1.165) is 23.8 Å². The number of anilines is 2. The van der Waals surface area contributed by atoms with E-state index >= 15 is 0 Å². The number of aromatic nitrogens is 2. The molecule has 2 N–H and O–H groups in total. The minimum absolute atomic E-state index is 0.302. The zero-order valence-electron chi connectivity index (χ0n) is 12.3. The molecule has 0 bridgehead atoms. The largest absolute Gasteiger partial charge is 0.383 e. The van der Waals surface area contributed by atoms with Crippen molar-refractivity contribution in [1.29, 1.82) is 0 Å². The van der Waals surface area contributed by atoms with Gasteiger partial charge in [-0.3, -0.25) is 0 Å². The van der Waals surface area contributed by atoms with Crippen LogP contribution in [0.1, 0.15) is 57.3 Å². The molecule has 0 amide bonds. The quantitative estimate of drug-likeness (QED) is 0.788. The maximum absolute atomic E-state index is 5.97. The predicted octanol–water partition coefficient (Wildman–Crippen LogP) is 3.12. The molecule has 0 aromatic carbocycles. The first-order valence-corrected chi connectivity index (χ1v) is 6.82. The fraction of sp³-hybridized carbons (Fsp3) is 0.714. The van der Waals surface area contributed by atoms with Gasteiger partial charge in [0.05, 0.1) is 0 Å². The monoisotopic (exact) mass is 250 g/mol. The maximum Gasteiger partial charge on any atom is 0.137 e. The minimum atomic E-state index is 0.302. The van der Waals surface area contributed by atoms with Gasteiger partial charge >= 0.3 is 0 Å². The molecule has 0 aliphatic heterocycles. The molecule has 1 aromatic heterocycles. The summed E-state index contributed by atoms with van der Waals surface area (Å²) in [5.74, 6) is 2.71. The summed E-state index contributed by atoms with van der Waals surface area (Å²) in [6.07, 6.45) is 3.67. The van der Waals surface area contributed by atoms with Gasteiger partial charge in [-0.2, -0.15) is 0 Å². The van der Waals surface area contributed by atoms with E-state index < -0.39 is 0 Å². The average Bonchev–Trinajstić information content (AvgIpc) is 2.32. The Morgan fingerprint density at radius 3 is 2.44 bits per heavy atom. The smallest absolute Gasteiger partial charge is 0.137 e. The summed E-state index contributed by atoms with van der Waals surface area (Å²) in [5, 5.41) is 0. The van der Waals surface area contributed by atoms with Crippen molar-refractivity contribution in [2.24, 2.45) is 0 Å². The van der Waals surface area contributed by atoms with Gasteiger partial charge in [-0.15, -0.1) is 0 Å². The molecule has 0 atom stereocenters. The third-order valence-electron chi connectivity index (χ3n) is 3.15. The van der Waals surface area contributed by atoms with Crippen molar-refractivity contribution in [3.05, 3.63) is 11.4 Å². The summed E-state index contributed by atoms with van der Waals surface area (Å²) in [5.41, 5.74) is 6.96. The second kappa shape index (κ2) is 6.57. The van der Waals surface area contributed by atoms with Crippen LogP contribution in [0.15, 0.2) is 0 Å². The molecular formula is C14H26N4. The Kier molecular flexibility index (Phi) is 5.38. The summed E-state index contributed by atoms with van der Waals surface area (Å²) in [6, 6.07) is 0. The van der Waals surface area contributed by atoms with E-state index in [9.17, 15) is 0 Å². The zero-order chi connectivity index (χ0) is 13.7. The molecule has 1 rings (SSSR count). The van der Waals surface area contributed by atoms with Crippen molar-refractivity contribution in [2.45, 2.75) is 52.9 Å². The summed E-state index contributed by atoms with van der Waals surface area (Å²) in [7, 11) is 2.08. The molecule has 0 saturated carbocycles. The Morgan fingerprint density at radius 1 is 1.22 bits per heavy atom. The number of nitrogen functional groups attached to an aromatic ring is 1. The minimum Gasteiger partial charge on any atom is -0.383 e. The third-order valence-corrected chi connectivity index (χ3v) is 3.15. The topological polar surface area (TPSA) is 55.0 Å². The van der Waals surface area contributed by atoms with Crippen molar-refractivity contribution in [1.82, 2.24) is 9.97 Å². The summed E-state index contributed by atoms with van der Waals surface area (Å²) in [6.45, 7) is 9.40. The molecule has 0 fully saturated rings. The Hall–Kier alpha value is -1.32. The Morgan fingerprint density at radius 2 is 1.89 bits per heavy atom. The lowest BCUT2D eigenvalue weighted by molar-refractivity contribution is 0.693. The molecular weight excluding hydrogens is 224 g/mol. The summed E-state index contributed by atoms with van der Waals surface area (Å²) >= 11 is 0. The Bertz CT molecular complexity index is 388. The molecule has 0 spiro atoms. The molecule has 0 unspecified atom stereocenters. The molecule has 1 heterocycles. The van der Waals surface area contributed by atoms with Gasteiger partial charge in [0.15, 0.2) is 0 Å². The summed E-state index contributed by atoms with van der Waals surface area (Å²) < 4.78 is 0. The molecule has 0 saturated heterocycles. The maximum atomic E-state index is 5.97. The normalized spacial score (nSPS) is 11.0. The standard InChI is InChI=1S/C14H26N4/c1-6-7-8-9-18(5)14-11(4)12(15)16-13(17-14)10(2)3/h10H,6-9H2,1-5H3,(H2,15,16,17). The van der Waals surface area contributed by atoms with Gasteiger partial charge < -0.3 is 10.6 Å². The Labute approximate surface area is 111 Å². The highest BCUT2D eigenvalue weighted by Crippen LogP contribution is 2.23. The van der Waals surface area contributed by atoms with Crippen molar-refractivity contribution >= 4 is 11.6 Å². The van der Waals surface area contributed by atoms with Crippen molar-refractivity contribution < 1.29 is 0 Å². The number of rotatable bonds is 6. The van der Waals surface area contributed by atoms with Crippen LogP contribution in [0.25, 0.3) is 0 Å². The van der Waals surface area contributed by atoms with Crippen molar-refractivity contribution in [2.75, 3.05) is 24.2 Å². The Balaban J connectivity index is 2.92. The van der Waals surface area contributed by atoms with Crippen molar-refractivity contribution in [3.8, 4) is 0 Å².